The van der Waals surface area contributed by atoms with Crippen molar-refractivity contribution < 1.29 is 19.7 Å². The van der Waals surface area contributed by atoms with E-state index in [1.807, 2.05) is 0 Å². The molecule has 5 fully saturated rings. The maximum atomic E-state index is 11.5. The highest BCUT2D eigenvalue weighted by Crippen LogP contribution is 2.81. The zero-order chi connectivity index (χ0) is 18.8. The van der Waals surface area contributed by atoms with Crippen molar-refractivity contribution >= 4 is 0 Å². The SMILES string of the molecule is CC1([C@H]2CC=C3[C@@H]4C[C@@H](O)[C@]56CC5CC[C@]6(C)[C@H]4C[C@@H](O)[C@@]32C)OCCO1. The summed E-state index contributed by atoms with van der Waals surface area (Å²) in [6.07, 6.45) is 8.21. The molecule has 2 N–H and O–H groups in total. The van der Waals surface area contributed by atoms with Crippen LogP contribution in [-0.2, 0) is 9.47 Å². The van der Waals surface area contributed by atoms with E-state index in [0.29, 0.717) is 25.0 Å². The summed E-state index contributed by atoms with van der Waals surface area (Å²) in [4.78, 5) is 0. The number of fused-ring (bicyclic) bond motifs is 4. The third-order valence-corrected chi connectivity index (χ3v) is 10.6. The monoisotopic (exact) mass is 374 g/mol. The van der Waals surface area contributed by atoms with E-state index in [0.717, 1.165) is 25.2 Å². The van der Waals surface area contributed by atoms with Crippen molar-refractivity contribution in [2.45, 2.75) is 77.3 Å². The second-order valence-electron chi connectivity index (χ2n) is 11.1. The highest BCUT2D eigenvalue weighted by Gasteiger charge is 2.77. The van der Waals surface area contributed by atoms with E-state index < -0.39 is 5.79 Å². The highest BCUT2D eigenvalue weighted by molar-refractivity contribution is 5.36. The van der Waals surface area contributed by atoms with Crippen molar-refractivity contribution in [3.05, 3.63) is 11.6 Å². The van der Waals surface area contributed by atoms with E-state index in [1.54, 1.807) is 0 Å². The van der Waals surface area contributed by atoms with Gasteiger partial charge in [-0.3, -0.25) is 0 Å². The summed E-state index contributed by atoms with van der Waals surface area (Å²) in [6, 6.07) is 0. The standard InChI is InChI=1S/C23H34O4/c1-20-7-6-13-12-23(13,20)19(25)10-14-15-4-5-17(22(3)26-8-9-27-22)21(15,2)18(24)11-16(14)20/h4,13-14,16-19,24-25H,5-12H2,1-3H3/t13?,14-,16-,17-,18+,19+,20+,21-,23-/m0/s1. The molecule has 4 saturated carbocycles. The first kappa shape index (κ1) is 17.4. The molecule has 1 saturated heterocycles. The fourth-order valence-corrected chi connectivity index (χ4v) is 9.12. The molecule has 0 aromatic heterocycles. The molecule has 1 unspecified atom stereocenters. The molecular formula is C23H34O4. The van der Waals surface area contributed by atoms with Crippen molar-refractivity contribution in [2.75, 3.05) is 13.2 Å². The van der Waals surface area contributed by atoms with Crippen molar-refractivity contribution in [1.29, 1.82) is 0 Å². The number of aliphatic hydroxyl groups excluding tert-OH is 2. The fraction of sp³-hybridized carbons (Fsp3) is 0.913. The summed E-state index contributed by atoms with van der Waals surface area (Å²) in [5.74, 6) is 1.18. The molecule has 1 heterocycles. The number of allylic oxidation sites excluding steroid dienone is 1. The minimum absolute atomic E-state index is 0.150. The van der Waals surface area contributed by atoms with Gasteiger partial charge in [-0.05, 0) is 68.6 Å². The molecule has 1 spiro atoms. The second kappa shape index (κ2) is 5.00. The molecule has 1 aliphatic heterocycles. The van der Waals surface area contributed by atoms with Gasteiger partial charge in [0.05, 0.1) is 25.4 Å². The highest BCUT2D eigenvalue weighted by atomic mass is 16.7. The van der Waals surface area contributed by atoms with Crippen molar-refractivity contribution in [1.82, 2.24) is 0 Å². The maximum Gasteiger partial charge on any atom is 0.169 e. The Morgan fingerprint density at radius 3 is 2.48 bits per heavy atom. The lowest BCUT2D eigenvalue weighted by molar-refractivity contribution is -0.223. The first-order valence-electron chi connectivity index (χ1n) is 11.1. The minimum atomic E-state index is -0.603. The molecule has 27 heavy (non-hydrogen) atoms. The maximum absolute atomic E-state index is 11.5. The predicted molar refractivity (Wildman–Crippen MR) is 101 cm³/mol. The molecule has 0 amide bonds. The largest absolute Gasteiger partial charge is 0.392 e. The molecular weight excluding hydrogens is 340 g/mol. The second-order valence-corrected chi connectivity index (χ2v) is 11.1. The summed E-state index contributed by atoms with van der Waals surface area (Å²) >= 11 is 0. The van der Waals surface area contributed by atoms with Crippen LogP contribution in [0, 0.1) is 39.9 Å². The van der Waals surface area contributed by atoms with Crippen molar-refractivity contribution in [2.24, 2.45) is 39.9 Å². The molecule has 9 atom stereocenters. The number of rotatable bonds is 1. The number of ether oxygens (including phenoxy) is 2. The van der Waals surface area contributed by atoms with Crippen LogP contribution in [0.3, 0.4) is 0 Å². The summed E-state index contributed by atoms with van der Waals surface area (Å²) in [7, 11) is 0. The van der Waals surface area contributed by atoms with E-state index in [9.17, 15) is 10.2 Å². The molecule has 6 rings (SSSR count). The number of hydrogen-bond acceptors (Lipinski definition) is 4. The Kier molecular flexibility index (Phi) is 3.23. The lowest BCUT2D eigenvalue weighted by Gasteiger charge is -2.60. The van der Waals surface area contributed by atoms with Gasteiger partial charge in [-0.1, -0.05) is 25.5 Å². The van der Waals surface area contributed by atoms with E-state index in [4.69, 9.17) is 9.47 Å². The van der Waals surface area contributed by atoms with Gasteiger partial charge in [-0.15, -0.1) is 0 Å². The van der Waals surface area contributed by atoms with Crippen LogP contribution >= 0.6 is 0 Å². The smallest absolute Gasteiger partial charge is 0.169 e. The van der Waals surface area contributed by atoms with E-state index in [1.165, 1.54) is 24.8 Å². The molecule has 5 aliphatic carbocycles. The van der Waals surface area contributed by atoms with Gasteiger partial charge >= 0.3 is 0 Å². The Labute approximate surface area is 162 Å². The Hall–Kier alpha value is -0.420. The number of aliphatic hydroxyl groups is 2. The van der Waals surface area contributed by atoms with Crippen LogP contribution in [0.1, 0.15) is 59.3 Å². The van der Waals surface area contributed by atoms with Crippen LogP contribution in [0.25, 0.3) is 0 Å². The normalized spacial score (nSPS) is 60.3. The Bertz CT molecular complexity index is 711. The van der Waals surface area contributed by atoms with Gasteiger partial charge in [0, 0.05) is 16.7 Å². The lowest BCUT2D eigenvalue weighted by atomic mass is 9.46. The van der Waals surface area contributed by atoms with Gasteiger partial charge in [-0.2, -0.15) is 0 Å². The zero-order valence-corrected chi connectivity index (χ0v) is 16.9. The summed E-state index contributed by atoms with van der Waals surface area (Å²) < 4.78 is 12.1. The lowest BCUT2D eigenvalue weighted by Crippen LogP contribution is -2.60. The zero-order valence-electron chi connectivity index (χ0n) is 16.9. The number of hydrogen-bond donors (Lipinski definition) is 2. The first-order valence-corrected chi connectivity index (χ1v) is 11.1. The van der Waals surface area contributed by atoms with E-state index in [-0.39, 0.29) is 34.4 Å². The Balaban J connectivity index is 1.40. The predicted octanol–water partition coefficient (Wildman–Crippen LogP) is 3.27. The Morgan fingerprint density at radius 2 is 1.78 bits per heavy atom. The van der Waals surface area contributed by atoms with Gasteiger partial charge in [0.15, 0.2) is 5.79 Å². The quantitative estimate of drug-likeness (QED) is 0.692. The molecule has 0 bridgehead atoms. The molecule has 150 valence electrons. The van der Waals surface area contributed by atoms with Gasteiger partial charge in [0.25, 0.3) is 0 Å². The minimum Gasteiger partial charge on any atom is -0.392 e. The van der Waals surface area contributed by atoms with Crippen LogP contribution in [0.4, 0.5) is 0 Å². The van der Waals surface area contributed by atoms with Crippen LogP contribution in [0.5, 0.6) is 0 Å². The van der Waals surface area contributed by atoms with Gasteiger partial charge in [-0.25, -0.2) is 0 Å². The van der Waals surface area contributed by atoms with Gasteiger partial charge in [0.2, 0.25) is 0 Å². The summed E-state index contributed by atoms with van der Waals surface area (Å²) in [5.41, 5.74) is 1.44. The Morgan fingerprint density at radius 1 is 1.04 bits per heavy atom. The van der Waals surface area contributed by atoms with Crippen LogP contribution < -0.4 is 0 Å². The van der Waals surface area contributed by atoms with E-state index >= 15 is 0 Å². The fourth-order valence-electron chi connectivity index (χ4n) is 9.12. The average molecular weight is 375 g/mol. The summed E-state index contributed by atoms with van der Waals surface area (Å²) in [6.45, 7) is 8.01. The molecule has 0 aromatic carbocycles. The molecule has 6 aliphatic rings. The average Bonchev–Trinajstić information content (AvgIpc) is 2.88. The first-order chi connectivity index (χ1) is 12.8. The van der Waals surface area contributed by atoms with Crippen molar-refractivity contribution in [3.8, 4) is 0 Å². The molecule has 4 heteroatoms. The van der Waals surface area contributed by atoms with E-state index in [2.05, 4.69) is 26.8 Å². The van der Waals surface area contributed by atoms with Crippen LogP contribution in [0.15, 0.2) is 11.6 Å². The molecule has 0 aromatic rings. The van der Waals surface area contributed by atoms with Gasteiger partial charge in [0.1, 0.15) is 0 Å². The molecule has 4 nitrogen and oxygen atoms in total. The van der Waals surface area contributed by atoms with Gasteiger partial charge < -0.3 is 19.7 Å². The van der Waals surface area contributed by atoms with Crippen LogP contribution in [0.2, 0.25) is 0 Å². The third kappa shape index (κ3) is 1.77. The topological polar surface area (TPSA) is 58.9 Å². The molecule has 0 radical (unpaired) electrons. The third-order valence-electron chi connectivity index (χ3n) is 10.6. The van der Waals surface area contributed by atoms with Crippen molar-refractivity contribution in [3.63, 3.8) is 0 Å². The summed E-state index contributed by atoms with van der Waals surface area (Å²) in [5, 5.41) is 22.7. The van der Waals surface area contributed by atoms with Crippen LogP contribution in [-0.4, -0.2) is 41.4 Å².